The third kappa shape index (κ3) is 26.6. The number of esters is 3. The Morgan fingerprint density at radius 2 is 1.32 bits per heavy atom. The molecule has 38 heavy (non-hydrogen) atoms. The minimum Gasteiger partial charge on any atom is -0.466 e. The van der Waals surface area contributed by atoms with Gasteiger partial charge in [0.25, 0.3) is 0 Å². The Hall–Kier alpha value is -1.05. The summed E-state index contributed by atoms with van der Waals surface area (Å²) in [6.07, 6.45) is 6.47. The first-order valence-electron chi connectivity index (χ1n) is 14.0. The number of rotatable bonds is 28. The summed E-state index contributed by atoms with van der Waals surface area (Å²) in [5.41, 5.74) is 5.44. The maximum atomic E-state index is 12.1. The Labute approximate surface area is 237 Å². The van der Waals surface area contributed by atoms with E-state index in [1.807, 2.05) is 11.8 Å². The predicted octanol–water partition coefficient (Wildman–Crippen LogP) is 2.76. The van der Waals surface area contributed by atoms with Gasteiger partial charge < -0.3 is 35.3 Å². The molecule has 0 amide bonds. The topological polar surface area (TPSA) is 140 Å². The molecule has 0 heterocycles. The molecule has 0 bridgehead atoms. The number of carbonyl (C=O) groups is 3. The molecule has 0 rings (SSSR count). The summed E-state index contributed by atoms with van der Waals surface area (Å²) < 4.78 is 15.8. The number of nitrogens with one attached hydrogen (secondary N) is 1. The van der Waals surface area contributed by atoms with Crippen molar-refractivity contribution in [1.29, 1.82) is 0 Å². The third-order valence-electron chi connectivity index (χ3n) is 5.38. The standard InChI is InChI=1S/C26H51N3O7S2/c1-2-3-19-34-25(32)10-16-29(15-5-6-18-30)17-11-26(33)36-21-8-4-7-20-35-24(31)9-13-28-14-23-38-37-22-12-27/h28,30H,2-23,27H2,1H3. The Morgan fingerprint density at radius 3 is 1.89 bits per heavy atom. The quantitative estimate of drug-likeness (QED) is 0.0541. The van der Waals surface area contributed by atoms with Crippen molar-refractivity contribution in [3.63, 3.8) is 0 Å². The Balaban J connectivity index is 3.80. The second-order valence-electron chi connectivity index (χ2n) is 8.78. The van der Waals surface area contributed by atoms with Crippen LogP contribution in [0.5, 0.6) is 0 Å². The molecule has 0 aromatic heterocycles. The first kappa shape index (κ1) is 37.0. The van der Waals surface area contributed by atoms with E-state index in [1.165, 1.54) is 0 Å². The van der Waals surface area contributed by atoms with Crippen LogP contribution in [-0.4, -0.2) is 105 Å². The molecule has 0 aliphatic heterocycles. The Kier molecular flexibility index (Phi) is 28.1. The summed E-state index contributed by atoms with van der Waals surface area (Å²) in [6, 6.07) is 0. The molecule has 4 N–H and O–H groups in total. The van der Waals surface area contributed by atoms with Gasteiger partial charge in [-0.25, -0.2) is 0 Å². The zero-order chi connectivity index (χ0) is 28.1. The molecule has 0 spiro atoms. The van der Waals surface area contributed by atoms with Crippen molar-refractivity contribution in [2.24, 2.45) is 5.73 Å². The fraction of sp³-hybridized carbons (Fsp3) is 0.885. The summed E-state index contributed by atoms with van der Waals surface area (Å²) >= 11 is 0. The van der Waals surface area contributed by atoms with Crippen molar-refractivity contribution in [2.75, 3.05) is 77.2 Å². The van der Waals surface area contributed by atoms with E-state index < -0.39 is 0 Å². The van der Waals surface area contributed by atoms with Gasteiger partial charge in [0.15, 0.2) is 0 Å². The van der Waals surface area contributed by atoms with Crippen LogP contribution in [0.25, 0.3) is 0 Å². The number of nitrogens with two attached hydrogens (primary N) is 1. The number of carbonyl (C=O) groups excluding carboxylic acids is 3. The van der Waals surface area contributed by atoms with Crippen LogP contribution < -0.4 is 11.1 Å². The van der Waals surface area contributed by atoms with Gasteiger partial charge in [-0.15, -0.1) is 0 Å². The van der Waals surface area contributed by atoms with Crippen molar-refractivity contribution in [3.05, 3.63) is 0 Å². The number of aliphatic hydroxyl groups excluding tert-OH is 1. The highest BCUT2D eigenvalue weighted by molar-refractivity contribution is 8.76. The van der Waals surface area contributed by atoms with Crippen molar-refractivity contribution in [3.8, 4) is 0 Å². The molecule has 224 valence electrons. The lowest BCUT2D eigenvalue weighted by Gasteiger charge is -2.21. The monoisotopic (exact) mass is 581 g/mol. The predicted molar refractivity (Wildman–Crippen MR) is 155 cm³/mol. The van der Waals surface area contributed by atoms with Crippen LogP contribution in [0.3, 0.4) is 0 Å². The van der Waals surface area contributed by atoms with Crippen LogP contribution in [0.1, 0.15) is 71.1 Å². The lowest BCUT2D eigenvalue weighted by Crippen LogP contribution is -2.31. The number of ether oxygens (including phenoxy) is 3. The molecule has 0 saturated carbocycles. The molecular weight excluding hydrogens is 530 g/mol. The average molecular weight is 582 g/mol. The second kappa shape index (κ2) is 28.9. The third-order valence-corrected chi connectivity index (χ3v) is 7.81. The van der Waals surface area contributed by atoms with Gasteiger partial charge >= 0.3 is 17.9 Å². The Morgan fingerprint density at radius 1 is 0.737 bits per heavy atom. The summed E-state index contributed by atoms with van der Waals surface area (Å²) in [5.74, 6) is 1.23. The van der Waals surface area contributed by atoms with Gasteiger partial charge in [-0.2, -0.15) is 0 Å². The molecule has 0 aliphatic rings. The van der Waals surface area contributed by atoms with E-state index in [-0.39, 0.29) is 37.4 Å². The summed E-state index contributed by atoms with van der Waals surface area (Å²) in [5, 5.41) is 12.2. The first-order chi connectivity index (χ1) is 18.5. The number of aliphatic hydroxyl groups is 1. The van der Waals surface area contributed by atoms with E-state index >= 15 is 0 Å². The highest BCUT2D eigenvalue weighted by Crippen LogP contribution is 2.18. The van der Waals surface area contributed by atoms with Crippen molar-refractivity contribution in [1.82, 2.24) is 10.2 Å². The van der Waals surface area contributed by atoms with Crippen LogP contribution in [0.2, 0.25) is 0 Å². The van der Waals surface area contributed by atoms with E-state index in [0.29, 0.717) is 71.8 Å². The SMILES string of the molecule is CCCCOC(=O)CCN(CCCCO)CCC(=O)OCCCCCOC(=O)CCNCCSSCCN. The molecule has 0 saturated heterocycles. The maximum absolute atomic E-state index is 12.1. The van der Waals surface area contributed by atoms with E-state index in [0.717, 1.165) is 50.2 Å². The lowest BCUT2D eigenvalue weighted by molar-refractivity contribution is -0.144. The summed E-state index contributed by atoms with van der Waals surface area (Å²) in [4.78, 5) is 37.8. The fourth-order valence-electron chi connectivity index (χ4n) is 3.18. The largest absolute Gasteiger partial charge is 0.466 e. The summed E-state index contributed by atoms with van der Waals surface area (Å²) in [6.45, 7) is 7.21. The zero-order valence-electron chi connectivity index (χ0n) is 23.3. The lowest BCUT2D eigenvalue weighted by atomic mass is 10.2. The molecule has 12 heteroatoms. The van der Waals surface area contributed by atoms with Gasteiger partial charge in [0.2, 0.25) is 0 Å². The van der Waals surface area contributed by atoms with E-state index in [1.54, 1.807) is 21.6 Å². The van der Waals surface area contributed by atoms with E-state index in [4.69, 9.17) is 25.1 Å². The van der Waals surface area contributed by atoms with Crippen LogP contribution >= 0.6 is 21.6 Å². The summed E-state index contributed by atoms with van der Waals surface area (Å²) in [7, 11) is 3.53. The van der Waals surface area contributed by atoms with Gasteiger partial charge in [0.1, 0.15) is 0 Å². The van der Waals surface area contributed by atoms with Crippen molar-refractivity contribution < 1.29 is 33.7 Å². The number of unbranched alkanes of at least 4 members (excludes halogenated alkanes) is 4. The number of nitrogens with zero attached hydrogens (tertiary/aromatic N) is 1. The highest BCUT2D eigenvalue weighted by Gasteiger charge is 2.12. The second-order valence-corrected chi connectivity index (χ2v) is 11.5. The van der Waals surface area contributed by atoms with Crippen LogP contribution in [-0.2, 0) is 28.6 Å². The van der Waals surface area contributed by atoms with Crippen LogP contribution in [0, 0.1) is 0 Å². The van der Waals surface area contributed by atoms with Crippen molar-refractivity contribution >= 4 is 39.5 Å². The molecule has 0 aromatic carbocycles. The molecular formula is C26H51N3O7S2. The van der Waals surface area contributed by atoms with Crippen LogP contribution in [0.4, 0.5) is 0 Å². The smallest absolute Gasteiger partial charge is 0.307 e. The minimum atomic E-state index is -0.266. The molecule has 0 radical (unpaired) electrons. The Bertz CT molecular complexity index is 589. The number of hydrogen-bond donors (Lipinski definition) is 3. The highest BCUT2D eigenvalue weighted by atomic mass is 33.1. The average Bonchev–Trinajstić information content (AvgIpc) is 2.91. The van der Waals surface area contributed by atoms with Gasteiger partial charge in [0, 0.05) is 50.8 Å². The number of hydrogen-bond acceptors (Lipinski definition) is 12. The molecule has 0 fully saturated rings. The maximum Gasteiger partial charge on any atom is 0.307 e. The van der Waals surface area contributed by atoms with Gasteiger partial charge in [-0.05, 0) is 45.1 Å². The molecule has 0 unspecified atom stereocenters. The minimum absolute atomic E-state index is 0.125. The first-order valence-corrected chi connectivity index (χ1v) is 16.5. The van der Waals surface area contributed by atoms with Crippen molar-refractivity contribution in [2.45, 2.75) is 71.1 Å². The normalized spacial score (nSPS) is 11.1. The molecule has 0 atom stereocenters. The van der Waals surface area contributed by atoms with E-state index in [9.17, 15) is 14.4 Å². The van der Waals surface area contributed by atoms with Gasteiger partial charge in [0.05, 0.1) is 39.1 Å². The van der Waals surface area contributed by atoms with Gasteiger partial charge in [-0.3, -0.25) is 14.4 Å². The molecule has 0 aromatic rings. The zero-order valence-corrected chi connectivity index (χ0v) is 24.9. The van der Waals surface area contributed by atoms with Crippen LogP contribution in [0.15, 0.2) is 0 Å². The molecule has 10 nitrogen and oxygen atoms in total. The van der Waals surface area contributed by atoms with E-state index in [2.05, 4.69) is 5.32 Å². The van der Waals surface area contributed by atoms with Gasteiger partial charge in [-0.1, -0.05) is 34.9 Å². The fourth-order valence-corrected chi connectivity index (χ4v) is 4.98. The molecule has 0 aliphatic carbocycles.